The van der Waals surface area contributed by atoms with Gasteiger partial charge in [-0.15, -0.1) is 0 Å². The van der Waals surface area contributed by atoms with Crippen LogP contribution in [-0.2, 0) is 9.59 Å². The number of benzene rings is 1. The van der Waals surface area contributed by atoms with Gasteiger partial charge in [0.05, 0.1) is 18.7 Å². The van der Waals surface area contributed by atoms with Crippen molar-refractivity contribution in [2.45, 2.75) is 19.3 Å². The Hall–Kier alpha value is -1.79. The number of rotatable bonds is 7. The van der Waals surface area contributed by atoms with Crippen molar-refractivity contribution < 1.29 is 14.3 Å². The Kier molecular flexibility index (Phi) is 6.24. The Morgan fingerprint density at radius 1 is 1.48 bits per heavy atom. The monoisotopic (exact) mass is 339 g/mol. The molecule has 1 aromatic carbocycles. The van der Waals surface area contributed by atoms with Crippen LogP contribution in [0.2, 0.25) is 5.02 Å². The number of amides is 2. The number of halogens is 1. The van der Waals surface area contributed by atoms with E-state index >= 15 is 0 Å². The molecule has 1 aromatic rings. The van der Waals surface area contributed by atoms with Crippen LogP contribution in [0.15, 0.2) is 18.2 Å². The predicted octanol–water partition coefficient (Wildman–Crippen LogP) is 1.56. The molecule has 0 spiro atoms. The van der Waals surface area contributed by atoms with Crippen molar-refractivity contribution in [2.75, 3.05) is 31.6 Å². The van der Waals surface area contributed by atoms with Crippen molar-refractivity contribution in [3.05, 3.63) is 23.2 Å². The number of anilines is 1. The van der Waals surface area contributed by atoms with Gasteiger partial charge in [-0.25, -0.2) is 0 Å². The molecule has 0 saturated carbocycles. The number of carbonyl (C=O) groups is 2. The highest BCUT2D eigenvalue weighted by Gasteiger charge is 2.36. The molecule has 7 heteroatoms. The minimum absolute atomic E-state index is 0.0983. The lowest BCUT2D eigenvalue weighted by atomic mass is 10.1. The van der Waals surface area contributed by atoms with Crippen LogP contribution in [0.3, 0.4) is 0 Å². The van der Waals surface area contributed by atoms with Gasteiger partial charge in [0.1, 0.15) is 5.75 Å². The molecule has 2 amide bonds. The van der Waals surface area contributed by atoms with Crippen LogP contribution in [0, 0.1) is 5.92 Å². The van der Waals surface area contributed by atoms with Gasteiger partial charge in [0.15, 0.2) is 0 Å². The van der Waals surface area contributed by atoms with Gasteiger partial charge in [0, 0.05) is 24.5 Å². The van der Waals surface area contributed by atoms with Gasteiger partial charge in [-0.1, -0.05) is 11.6 Å². The quantitative estimate of drug-likeness (QED) is 0.738. The zero-order valence-electron chi connectivity index (χ0n) is 13.2. The van der Waals surface area contributed by atoms with E-state index in [2.05, 4.69) is 5.32 Å². The van der Waals surface area contributed by atoms with E-state index in [1.54, 1.807) is 23.1 Å². The predicted molar refractivity (Wildman–Crippen MR) is 89.8 cm³/mol. The SMILES string of the molecule is COc1ccc(Cl)cc1N1CC(C(=O)NCCCCN)CC1=O. The fourth-order valence-corrected chi connectivity index (χ4v) is 2.78. The number of nitrogens with zero attached hydrogens (tertiary/aromatic N) is 1. The maximum Gasteiger partial charge on any atom is 0.227 e. The average molecular weight is 340 g/mol. The molecule has 3 N–H and O–H groups in total. The number of nitrogens with one attached hydrogen (secondary N) is 1. The Morgan fingerprint density at radius 2 is 2.26 bits per heavy atom. The number of ether oxygens (including phenoxy) is 1. The molecule has 1 aliphatic heterocycles. The van der Waals surface area contributed by atoms with Crippen LogP contribution in [-0.4, -0.2) is 38.6 Å². The topological polar surface area (TPSA) is 84.7 Å². The van der Waals surface area contributed by atoms with Crippen molar-refractivity contribution in [3.8, 4) is 5.75 Å². The lowest BCUT2D eigenvalue weighted by Gasteiger charge is -2.19. The molecule has 1 fully saturated rings. The largest absolute Gasteiger partial charge is 0.495 e. The number of carbonyl (C=O) groups excluding carboxylic acids is 2. The molecular weight excluding hydrogens is 318 g/mol. The van der Waals surface area contributed by atoms with Gasteiger partial charge < -0.3 is 20.7 Å². The van der Waals surface area contributed by atoms with E-state index in [0.717, 1.165) is 12.8 Å². The van der Waals surface area contributed by atoms with Crippen LogP contribution >= 0.6 is 11.6 Å². The number of hydrogen-bond acceptors (Lipinski definition) is 4. The number of methoxy groups -OCH3 is 1. The van der Waals surface area contributed by atoms with Crippen LogP contribution in [0.1, 0.15) is 19.3 Å². The summed E-state index contributed by atoms with van der Waals surface area (Å²) >= 11 is 6.01. The maximum atomic E-state index is 12.3. The van der Waals surface area contributed by atoms with E-state index in [1.807, 2.05) is 0 Å². The molecule has 1 saturated heterocycles. The first-order chi connectivity index (χ1) is 11.1. The second-order valence-corrected chi connectivity index (χ2v) is 5.94. The third-order valence-corrected chi connectivity index (χ3v) is 4.09. The molecule has 1 unspecified atom stereocenters. The highest BCUT2D eigenvalue weighted by atomic mass is 35.5. The average Bonchev–Trinajstić information content (AvgIpc) is 2.93. The van der Waals surface area contributed by atoms with E-state index in [1.165, 1.54) is 7.11 Å². The van der Waals surface area contributed by atoms with Gasteiger partial charge in [0.2, 0.25) is 11.8 Å². The number of nitrogens with two attached hydrogens (primary N) is 1. The first-order valence-electron chi connectivity index (χ1n) is 7.68. The smallest absolute Gasteiger partial charge is 0.227 e. The summed E-state index contributed by atoms with van der Waals surface area (Å²) in [6.45, 7) is 1.53. The summed E-state index contributed by atoms with van der Waals surface area (Å²) in [7, 11) is 1.54. The normalized spacial score (nSPS) is 17.4. The molecule has 1 heterocycles. The molecule has 1 aliphatic rings. The van der Waals surface area contributed by atoms with Crippen molar-refractivity contribution in [1.29, 1.82) is 0 Å². The fourth-order valence-electron chi connectivity index (χ4n) is 2.62. The zero-order valence-corrected chi connectivity index (χ0v) is 13.9. The molecule has 0 radical (unpaired) electrons. The summed E-state index contributed by atoms with van der Waals surface area (Å²) in [5, 5.41) is 3.38. The molecule has 126 valence electrons. The zero-order chi connectivity index (χ0) is 16.8. The van der Waals surface area contributed by atoms with E-state index < -0.39 is 0 Å². The van der Waals surface area contributed by atoms with Gasteiger partial charge >= 0.3 is 0 Å². The molecule has 0 aliphatic carbocycles. The lowest BCUT2D eigenvalue weighted by Crippen LogP contribution is -2.33. The molecule has 0 bridgehead atoms. The van der Waals surface area contributed by atoms with Crippen LogP contribution < -0.4 is 20.7 Å². The molecular formula is C16H22ClN3O3. The first-order valence-corrected chi connectivity index (χ1v) is 8.06. The lowest BCUT2D eigenvalue weighted by molar-refractivity contribution is -0.126. The van der Waals surface area contributed by atoms with E-state index in [9.17, 15) is 9.59 Å². The third kappa shape index (κ3) is 4.36. The van der Waals surface area contributed by atoms with Crippen molar-refractivity contribution >= 4 is 29.1 Å². The van der Waals surface area contributed by atoms with Crippen LogP contribution in [0.4, 0.5) is 5.69 Å². The molecule has 23 heavy (non-hydrogen) atoms. The Bertz CT molecular complexity index is 580. The van der Waals surface area contributed by atoms with Gasteiger partial charge in [-0.05, 0) is 37.6 Å². The first kappa shape index (κ1) is 17.6. The van der Waals surface area contributed by atoms with E-state index in [0.29, 0.717) is 36.1 Å². The maximum absolute atomic E-state index is 12.3. The summed E-state index contributed by atoms with van der Waals surface area (Å²) < 4.78 is 5.28. The van der Waals surface area contributed by atoms with Gasteiger partial charge in [0.25, 0.3) is 0 Å². The summed E-state index contributed by atoms with van der Waals surface area (Å²) in [5.74, 6) is 0.00218. The second-order valence-electron chi connectivity index (χ2n) is 5.51. The summed E-state index contributed by atoms with van der Waals surface area (Å²) in [6, 6.07) is 5.09. The molecule has 6 nitrogen and oxygen atoms in total. The summed E-state index contributed by atoms with van der Waals surface area (Å²) in [6.07, 6.45) is 1.91. The van der Waals surface area contributed by atoms with Crippen LogP contribution in [0.25, 0.3) is 0 Å². The van der Waals surface area contributed by atoms with Crippen LogP contribution in [0.5, 0.6) is 5.75 Å². The molecule has 1 atom stereocenters. The van der Waals surface area contributed by atoms with Gasteiger partial charge in [-0.2, -0.15) is 0 Å². The minimum Gasteiger partial charge on any atom is -0.495 e. The van der Waals surface area contributed by atoms with E-state index in [4.69, 9.17) is 22.1 Å². The third-order valence-electron chi connectivity index (χ3n) is 3.86. The van der Waals surface area contributed by atoms with Crippen molar-refractivity contribution in [3.63, 3.8) is 0 Å². The van der Waals surface area contributed by atoms with Crippen molar-refractivity contribution in [2.24, 2.45) is 11.7 Å². The Morgan fingerprint density at radius 3 is 2.96 bits per heavy atom. The summed E-state index contributed by atoms with van der Waals surface area (Å²) in [4.78, 5) is 26.0. The number of hydrogen-bond donors (Lipinski definition) is 2. The Labute approximate surface area is 140 Å². The second kappa shape index (κ2) is 8.17. The summed E-state index contributed by atoms with van der Waals surface area (Å²) in [5.41, 5.74) is 6.02. The fraction of sp³-hybridized carbons (Fsp3) is 0.500. The van der Waals surface area contributed by atoms with Gasteiger partial charge in [-0.3, -0.25) is 9.59 Å². The standard InChI is InChI=1S/C16H22ClN3O3/c1-23-14-5-4-12(17)9-13(14)20-10-11(8-15(20)21)16(22)19-7-3-2-6-18/h4-5,9,11H,2-3,6-8,10,18H2,1H3,(H,19,22). The Balaban J connectivity index is 2.02. The molecule has 0 aromatic heterocycles. The highest BCUT2D eigenvalue weighted by Crippen LogP contribution is 2.35. The van der Waals surface area contributed by atoms with Crippen molar-refractivity contribution in [1.82, 2.24) is 5.32 Å². The number of unbranched alkanes of at least 4 members (excludes halogenated alkanes) is 1. The van der Waals surface area contributed by atoms with E-state index in [-0.39, 0.29) is 24.2 Å². The molecule has 2 rings (SSSR count). The minimum atomic E-state index is -0.357. The highest BCUT2D eigenvalue weighted by molar-refractivity contribution is 6.31.